The van der Waals surface area contributed by atoms with Gasteiger partial charge in [0.15, 0.2) is 11.6 Å². The van der Waals surface area contributed by atoms with Crippen molar-refractivity contribution in [2.45, 2.75) is 76.9 Å². The Morgan fingerprint density at radius 1 is 1.15 bits per heavy atom. The molecule has 0 radical (unpaired) electrons. The Morgan fingerprint density at radius 2 is 1.85 bits per heavy atom. The van der Waals surface area contributed by atoms with Gasteiger partial charge in [-0.05, 0) is 68.9 Å². The van der Waals surface area contributed by atoms with Crippen LogP contribution in [0.2, 0.25) is 0 Å². The van der Waals surface area contributed by atoms with Gasteiger partial charge in [0.1, 0.15) is 5.60 Å². The number of ketones is 2. The molecule has 0 bridgehead atoms. The van der Waals surface area contributed by atoms with Gasteiger partial charge in [-0.1, -0.05) is 26.0 Å². The highest BCUT2D eigenvalue weighted by molar-refractivity contribution is 5.92. The van der Waals surface area contributed by atoms with Crippen molar-refractivity contribution in [1.82, 2.24) is 0 Å². The SMILES string of the molecule is C=C1C[C@H]2[C@@H]3CCC4=CC(=O)CC[C@]4(C)[C@]3(O)CC[C@]2(C)C1(O)C(C)=O. The first-order chi connectivity index (χ1) is 12.0. The molecule has 142 valence electrons. The lowest BCUT2D eigenvalue weighted by atomic mass is 9.44. The van der Waals surface area contributed by atoms with E-state index in [9.17, 15) is 19.8 Å². The molecule has 0 aliphatic heterocycles. The average Bonchev–Trinajstić information content (AvgIpc) is 2.78. The molecule has 4 aliphatic rings. The molecular weight excluding hydrogens is 328 g/mol. The van der Waals surface area contributed by atoms with E-state index in [2.05, 4.69) is 13.5 Å². The molecule has 3 fully saturated rings. The summed E-state index contributed by atoms with van der Waals surface area (Å²) in [7, 11) is 0. The van der Waals surface area contributed by atoms with E-state index >= 15 is 0 Å². The molecule has 0 aromatic heterocycles. The molecule has 4 aliphatic carbocycles. The Kier molecular flexibility index (Phi) is 3.60. The van der Waals surface area contributed by atoms with E-state index in [0.29, 0.717) is 37.7 Å². The van der Waals surface area contributed by atoms with E-state index < -0.39 is 16.6 Å². The lowest BCUT2D eigenvalue weighted by Crippen LogP contribution is -2.65. The van der Waals surface area contributed by atoms with E-state index in [1.54, 1.807) is 6.08 Å². The van der Waals surface area contributed by atoms with Gasteiger partial charge in [-0.3, -0.25) is 9.59 Å². The summed E-state index contributed by atoms with van der Waals surface area (Å²) in [5.74, 6) is -0.00967. The van der Waals surface area contributed by atoms with Gasteiger partial charge in [0.05, 0.1) is 5.60 Å². The quantitative estimate of drug-likeness (QED) is 0.706. The van der Waals surface area contributed by atoms with E-state index in [-0.39, 0.29) is 28.8 Å². The van der Waals surface area contributed by atoms with Gasteiger partial charge in [-0.15, -0.1) is 0 Å². The topological polar surface area (TPSA) is 74.6 Å². The number of Topliss-reactive ketones (excluding diaryl/α,β-unsaturated/α-hetero) is 1. The van der Waals surface area contributed by atoms with Crippen molar-refractivity contribution in [3.63, 3.8) is 0 Å². The number of hydrogen-bond donors (Lipinski definition) is 2. The van der Waals surface area contributed by atoms with Crippen LogP contribution < -0.4 is 0 Å². The van der Waals surface area contributed by atoms with Gasteiger partial charge in [-0.2, -0.15) is 0 Å². The minimum absolute atomic E-state index is 0.0155. The summed E-state index contributed by atoms with van der Waals surface area (Å²) in [5.41, 5.74) is -1.64. The molecule has 1 unspecified atom stereocenters. The van der Waals surface area contributed by atoms with Gasteiger partial charge >= 0.3 is 0 Å². The third kappa shape index (κ3) is 1.83. The second kappa shape index (κ2) is 5.17. The molecule has 2 N–H and O–H groups in total. The zero-order chi connectivity index (χ0) is 19.1. The summed E-state index contributed by atoms with van der Waals surface area (Å²) >= 11 is 0. The van der Waals surface area contributed by atoms with Gasteiger partial charge < -0.3 is 10.2 Å². The predicted molar refractivity (Wildman–Crippen MR) is 98.3 cm³/mol. The van der Waals surface area contributed by atoms with Crippen LogP contribution in [0.15, 0.2) is 23.8 Å². The Bertz CT molecular complexity index is 751. The van der Waals surface area contributed by atoms with Gasteiger partial charge in [-0.25, -0.2) is 0 Å². The lowest BCUT2D eigenvalue weighted by molar-refractivity contribution is -0.208. The van der Waals surface area contributed by atoms with Crippen LogP contribution >= 0.6 is 0 Å². The van der Waals surface area contributed by atoms with E-state index in [4.69, 9.17) is 0 Å². The highest BCUT2D eigenvalue weighted by Gasteiger charge is 2.71. The molecule has 0 heterocycles. The van der Waals surface area contributed by atoms with E-state index in [1.165, 1.54) is 6.92 Å². The van der Waals surface area contributed by atoms with Crippen molar-refractivity contribution in [3.8, 4) is 0 Å². The predicted octanol–water partition coefficient (Wildman–Crippen LogP) is 3.12. The normalized spacial score (nSPS) is 50.6. The second-order valence-electron chi connectivity index (χ2n) is 9.64. The highest BCUT2D eigenvalue weighted by Crippen LogP contribution is 2.69. The Hall–Kier alpha value is -1.26. The van der Waals surface area contributed by atoms with Crippen LogP contribution in [0.3, 0.4) is 0 Å². The highest BCUT2D eigenvalue weighted by atomic mass is 16.3. The van der Waals surface area contributed by atoms with Crippen LogP contribution in [0.4, 0.5) is 0 Å². The second-order valence-corrected chi connectivity index (χ2v) is 9.64. The molecule has 0 aromatic rings. The summed E-state index contributed by atoms with van der Waals surface area (Å²) in [5, 5.41) is 23.3. The first-order valence-corrected chi connectivity index (χ1v) is 9.88. The van der Waals surface area contributed by atoms with Crippen molar-refractivity contribution < 1.29 is 19.8 Å². The fourth-order valence-electron chi connectivity index (χ4n) is 7.12. The molecule has 0 saturated heterocycles. The van der Waals surface area contributed by atoms with Gasteiger partial charge in [0, 0.05) is 17.3 Å². The van der Waals surface area contributed by atoms with Crippen LogP contribution in [-0.2, 0) is 9.59 Å². The molecule has 0 spiro atoms. The van der Waals surface area contributed by atoms with Crippen molar-refractivity contribution in [1.29, 1.82) is 0 Å². The molecule has 6 atom stereocenters. The van der Waals surface area contributed by atoms with Crippen molar-refractivity contribution in [3.05, 3.63) is 23.8 Å². The third-order valence-corrected chi connectivity index (χ3v) is 8.85. The number of aliphatic hydroxyl groups is 2. The summed E-state index contributed by atoms with van der Waals surface area (Å²) in [6, 6.07) is 0. The Labute approximate surface area is 155 Å². The summed E-state index contributed by atoms with van der Waals surface area (Å²) in [6.07, 6.45) is 6.29. The van der Waals surface area contributed by atoms with Crippen LogP contribution in [0, 0.1) is 22.7 Å². The standard InChI is InChI=1S/C22H30O4/c1-13-11-18-17-6-5-15-12-16(24)7-8-19(15,3)21(17,25)10-9-20(18,4)22(13,26)14(2)23/h12,17-18,25-26H,1,5-11H2,2-4H3/t17-,18-,19-,20-,21-,22?/m0/s1. The number of fused-ring (bicyclic) bond motifs is 5. The van der Waals surface area contributed by atoms with E-state index in [1.807, 2.05) is 6.92 Å². The number of rotatable bonds is 1. The lowest BCUT2D eigenvalue weighted by Gasteiger charge is -2.63. The maximum Gasteiger partial charge on any atom is 0.166 e. The maximum absolute atomic E-state index is 12.4. The average molecular weight is 358 g/mol. The van der Waals surface area contributed by atoms with Crippen LogP contribution in [0.1, 0.15) is 65.7 Å². The van der Waals surface area contributed by atoms with Crippen molar-refractivity contribution >= 4 is 11.6 Å². The Morgan fingerprint density at radius 3 is 2.50 bits per heavy atom. The summed E-state index contributed by atoms with van der Waals surface area (Å²) < 4.78 is 0. The molecule has 4 rings (SSSR count). The van der Waals surface area contributed by atoms with E-state index in [0.717, 1.165) is 18.4 Å². The summed E-state index contributed by atoms with van der Waals surface area (Å²) in [6.45, 7) is 9.63. The molecule has 26 heavy (non-hydrogen) atoms. The maximum atomic E-state index is 12.4. The third-order valence-electron chi connectivity index (χ3n) is 8.85. The van der Waals surface area contributed by atoms with Crippen LogP contribution in [0.5, 0.6) is 0 Å². The monoisotopic (exact) mass is 358 g/mol. The molecule has 3 saturated carbocycles. The fraction of sp³-hybridized carbons (Fsp3) is 0.727. The largest absolute Gasteiger partial charge is 0.389 e. The zero-order valence-corrected chi connectivity index (χ0v) is 16.1. The van der Waals surface area contributed by atoms with Crippen molar-refractivity contribution in [2.24, 2.45) is 22.7 Å². The first-order valence-electron chi connectivity index (χ1n) is 9.88. The first kappa shape index (κ1) is 18.1. The van der Waals surface area contributed by atoms with Crippen LogP contribution in [-0.4, -0.2) is 33.0 Å². The molecule has 0 aromatic carbocycles. The molecule has 4 nitrogen and oxygen atoms in total. The van der Waals surface area contributed by atoms with Gasteiger partial charge in [0.25, 0.3) is 0 Å². The van der Waals surface area contributed by atoms with Crippen LogP contribution in [0.25, 0.3) is 0 Å². The zero-order valence-electron chi connectivity index (χ0n) is 16.1. The van der Waals surface area contributed by atoms with Crippen molar-refractivity contribution in [2.75, 3.05) is 0 Å². The number of hydrogen-bond acceptors (Lipinski definition) is 4. The Balaban J connectivity index is 1.80. The summed E-state index contributed by atoms with van der Waals surface area (Å²) in [4.78, 5) is 24.3. The minimum atomic E-state index is -1.49. The molecule has 4 heteroatoms. The molecule has 0 amide bonds. The fourth-order valence-corrected chi connectivity index (χ4v) is 7.12. The minimum Gasteiger partial charge on any atom is -0.389 e. The number of carbonyl (C=O) groups is 2. The van der Waals surface area contributed by atoms with Gasteiger partial charge in [0.2, 0.25) is 0 Å². The molecular formula is C22H30O4. The number of carbonyl (C=O) groups excluding carboxylic acids is 2. The smallest absolute Gasteiger partial charge is 0.166 e.